The van der Waals surface area contributed by atoms with Crippen LogP contribution in [0.4, 0.5) is 0 Å². The van der Waals surface area contributed by atoms with Gasteiger partial charge in [-0.15, -0.1) is 0 Å². The first kappa shape index (κ1) is 64.5. The summed E-state index contributed by atoms with van der Waals surface area (Å²) in [6, 6.07) is 57.5. The van der Waals surface area contributed by atoms with Crippen LogP contribution in [0.5, 0.6) is 23.0 Å². The lowest BCUT2D eigenvalue weighted by Gasteiger charge is -2.34. The van der Waals surface area contributed by atoms with Gasteiger partial charge in [0.25, 0.3) is 10.1 Å². The molecule has 2 aliphatic rings. The smallest absolute Gasteiger partial charge is 0.264 e. The summed E-state index contributed by atoms with van der Waals surface area (Å²) >= 11 is 14.8. The van der Waals surface area contributed by atoms with E-state index < -0.39 is 20.9 Å². The molecule has 0 saturated heterocycles. The van der Waals surface area contributed by atoms with E-state index in [4.69, 9.17) is 37.9 Å². The second kappa shape index (κ2) is 30.8. The maximum absolute atomic E-state index is 10.4. The first-order chi connectivity index (χ1) is 40.6. The Morgan fingerprint density at radius 3 is 0.893 bits per heavy atom. The van der Waals surface area contributed by atoms with Crippen LogP contribution in [-0.2, 0) is 53.6 Å². The minimum absolute atomic E-state index is 0.0581. The molecule has 0 aliphatic heterocycles. The summed E-state index contributed by atoms with van der Waals surface area (Å²) in [4.78, 5) is 0. The fraction of sp³-hybridized carbons (Fsp3) is 0.273. The maximum Gasteiger partial charge on any atom is 0.264 e. The highest BCUT2D eigenvalue weighted by atomic mass is 79.9. The lowest BCUT2D eigenvalue weighted by atomic mass is 9.67. The Bertz CT molecular complexity index is 3320. The van der Waals surface area contributed by atoms with E-state index in [1.54, 1.807) is 45.6 Å². The monoisotopic (exact) mass is 1410 g/mol. The predicted molar refractivity (Wildman–Crippen MR) is 341 cm³/mol. The van der Waals surface area contributed by atoms with Gasteiger partial charge in [0.1, 0.15) is 36.2 Å². The third-order valence-electron chi connectivity index (χ3n) is 14.1. The van der Waals surface area contributed by atoms with Crippen molar-refractivity contribution < 1.29 is 60.7 Å². The maximum atomic E-state index is 10.4. The fourth-order valence-electron chi connectivity index (χ4n) is 10.6. The van der Waals surface area contributed by atoms with Gasteiger partial charge in [-0.2, -0.15) is 8.42 Å². The third-order valence-corrected chi connectivity index (χ3v) is 16.7. The number of hydrogen-bond acceptors (Lipinski definition) is 13. The molecule has 442 valence electrons. The number of methoxy groups -OCH3 is 3. The minimum atomic E-state index is -3.33. The van der Waals surface area contributed by atoms with Crippen LogP contribution in [0.15, 0.2) is 188 Å². The molecule has 0 radical (unpaired) electrons. The van der Waals surface area contributed by atoms with Crippen molar-refractivity contribution in [3.05, 3.63) is 232 Å². The third kappa shape index (κ3) is 15.6. The number of benzene rings is 8. The van der Waals surface area contributed by atoms with Crippen molar-refractivity contribution in [2.75, 3.05) is 107 Å². The van der Waals surface area contributed by atoms with Gasteiger partial charge in [-0.3, -0.25) is 4.18 Å². The van der Waals surface area contributed by atoms with Crippen LogP contribution in [0, 0.1) is 0 Å². The number of fused-ring (bicyclic) bond motifs is 6. The number of hydrogen-bond donors (Lipinski definition) is 2. The Labute approximate surface area is 525 Å². The van der Waals surface area contributed by atoms with Gasteiger partial charge in [0.2, 0.25) is 0 Å². The van der Waals surface area contributed by atoms with Crippen LogP contribution in [0.3, 0.4) is 0 Å². The average molecular weight is 1420 g/mol. The lowest BCUT2D eigenvalue weighted by Crippen LogP contribution is -2.28. The van der Waals surface area contributed by atoms with Crippen molar-refractivity contribution in [2.45, 2.75) is 10.8 Å². The van der Waals surface area contributed by atoms with Crippen molar-refractivity contribution in [3.63, 3.8) is 0 Å². The zero-order valence-corrected chi connectivity index (χ0v) is 54.1. The molecule has 18 heteroatoms. The van der Waals surface area contributed by atoms with Crippen molar-refractivity contribution in [3.8, 4) is 45.3 Å². The number of phenolic OH excluding ortho intramolecular Hbond substituents is 2. The van der Waals surface area contributed by atoms with E-state index >= 15 is 0 Å². The molecule has 84 heavy (non-hydrogen) atoms. The molecule has 2 aliphatic carbocycles. The van der Waals surface area contributed by atoms with Crippen LogP contribution in [0.2, 0.25) is 0 Å². The summed E-state index contributed by atoms with van der Waals surface area (Å²) in [6.07, 6.45) is 1.00. The molecule has 13 nitrogen and oxygen atoms in total. The van der Waals surface area contributed by atoms with Gasteiger partial charge >= 0.3 is 0 Å². The van der Waals surface area contributed by atoms with E-state index in [1.165, 1.54) is 33.4 Å². The highest BCUT2D eigenvalue weighted by Gasteiger charge is 2.48. The molecule has 2 N–H and O–H groups in total. The summed E-state index contributed by atoms with van der Waals surface area (Å²) in [5.41, 5.74) is 12.8. The van der Waals surface area contributed by atoms with Crippen molar-refractivity contribution in [2.24, 2.45) is 0 Å². The molecule has 8 aromatic rings. The van der Waals surface area contributed by atoms with Gasteiger partial charge in [0, 0.05) is 39.2 Å². The first-order valence-electron chi connectivity index (χ1n) is 26.9. The Balaban J connectivity index is 0.000000192. The Morgan fingerprint density at radius 1 is 0.357 bits per heavy atom. The van der Waals surface area contributed by atoms with Crippen LogP contribution in [0.25, 0.3) is 22.3 Å². The summed E-state index contributed by atoms with van der Waals surface area (Å²) in [5, 5.41) is 19.8. The quantitative estimate of drug-likeness (QED) is 0.0412. The zero-order chi connectivity index (χ0) is 59.7. The van der Waals surface area contributed by atoms with Gasteiger partial charge in [0.15, 0.2) is 0 Å². The topological polar surface area (TPSA) is 158 Å². The van der Waals surface area contributed by atoms with Gasteiger partial charge in [0.05, 0.1) is 83.2 Å². The minimum Gasteiger partial charge on any atom is -0.508 e. The molecule has 8 aromatic carbocycles. The molecule has 0 unspecified atom stereocenters. The van der Waals surface area contributed by atoms with Crippen LogP contribution >= 0.6 is 63.7 Å². The molecule has 0 spiro atoms. The van der Waals surface area contributed by atoms with Gasteiger partial charge in [-0.05, 0) is 164 Å². The highest BCUT2D eigenvalue weighted by molar-refractivity contribution is 9.11. The van der Waals surface area contributed by atoms with Crippen LogP contribution < -0.4 is 9.47 Å². The number of halogens is 4. The average Bonchev–Trinajstić information content (AvgIpc) is 1.57. The summed E-state index contributed by atoms with van der Waals surface area (Å²) < 4.78 is 72.1. The van der Waals surface area contributed by atoms with E-state index in [0.717, 1.165) is 69.0 Å². The lowest BCUT2D eigenvalue weighted by molar-refractivity contribution is 0.0544. The SMILES string of the molecule is COCCOCCOS(C)(=O)=O.COCCOCCOc1ccc(C2(c3ccc(OCCOCCOC)cc3)c3cc(Br)ccc3-c3ccc(Br)cc32)cc1.Oc1ccc(C2(c3ccc(O)cc3)c3cc(Br)ccc3-c3ccc(Br)cc32)cc1. The second-order valence-corrected chi connectivity index (χ2v) is 24.7. The van der Waals surface area contributed by atoms with Gasteiger partial charge in [-0.1, -0.05) is 137 Å². The van der Waals surface area contributed by atoms with Crippen molar-refractivity contribution in [1.82, 2.24) is 0 Å². The largest absolute Gasteiger partial charge is 0.508 e. The second-order valence-electron chi connectivity index (χ2n) is 19.4. The Kier molecular flexibility index (Phi) is 23.6. The number of ether oxygens (including phenoxy) is 8. The van der Waals surface area contributed by atoms with Crippen LogP contribution in [-0.4, -0.2) is 125 Å². The van der Waals surface area contributed by atoms with E-state index in [-0.39, 0.29) is 24.7 Å². The number of rotatable bonds is 25. The van der Waals surface area contributed by atoms with Crippen LogP contribution in [0.1, 0.15) is 44.5 Å². The van der Waals surface area contributed by atoms with Gasteiger partial charge < -0.3 is 48.1 Å². The molecule has 0 aromatic heterocycles. The van der Waals surface area contributed by atoms with Gasteiger partial charge in [-0.25, -0.2) is 0 Å². The molecule has 10 rings (SSSR count). The molecule has 0 amide bonds. The standard InChI is InChI=1S/C35H36Br2O6.C25H16Br2O2.C6H14O5S/c1-38-15-17-40-19-21-42-29-9-3-25(4-10-29)35(26-5-11-30(12-6-26)43-22-20-41-18-16-39-2)33-23-27(36)7-13-31(33)32-14-8-28(37)24-34(32)35;26-17-5-11-21-22-12-6-18(27)14-24(22)25(23(21)13-17,15-1-7-19(28)8-2-15)16-3-9-20(29)10-4-16;1-9-3-4-10-5-6-11-12(2,7)8/h3-14,23-24H,15-22H2,1-2H3;1-14,28-29H;3-6H2,1-2H3. The Hall–Kier alpha value is -5.45. The van der Waals surface area contributed by atoms with Crippen molar-refractivity contribution >= 4 is 73.8 Å². The fourth-order valence-corrected chi connectivity index (χ4v) is 12.4. The highest BCUT2D eigenvalue weighted by Crippen LogP contribution is 2.59. The van der Waals surface area contributed by atoms with Crippen molar-refractivity contribution in [1.29, 1.82) is 0 Å². The molecule has 0 saturated carbocycles. The molecule has 0 atom stereocenters. The normalized spacial score (nSPS) is 13.1. The summed E-state index contributed by atoms with van der Waals surface area (Å²) in [6.45, 7) is 5.47. The van der Waals surface area contributed by atoms with E-state index in [0.29, 0.717) is 66.1 Å². The number of phenols is 2. The van der Waals surface area contributed by atoms with E-state index in [9.17, 15) is 18.6 Å². The molecule has 0 heterocycles. The predicted octanol–water partition coefficient (Wildman–Crippen LogP) is 14.3. The molecular weight excluding hydrogens is 1350 g/mol. The first-order valence-corrected chi connectivity index (χ1v) is 31.9. The number of aromatic hydroxyl groups is 2. The molecule has 0 bridgehead atoms. The summed E-state index contributed by atoms with van der Waals surface area (Å²) in [5.74, 6) is 2.06. The van der Waals surface area contributed by atoms with E-state index in [2.05, 4.69) is 165 Å². The van der Waals surface area contributed by atoms with E-state index in [1.807, 2.05) is 48.5 Å². The molecular formula is C66H66Br4O13S. The Morgan fingerprint density at radius 2 is 0.619 bits per heavy atom. The summed E-state index contributed by atoms with van der Waals surface area (Å²) in [7, 11) is 1.57. The molecule has 0 fully saturated rings. The zero-order valence-electron chi connectivity index (χ0n) is 47.0.